The van der Waals surface area contributed by atoms with Crippen LogP contribution in [-0.2, 0) is 4.74 Å². The van der Waals surface area contributed by atoms with Crippen molar-refractivity contribution in [3.05, 3.63) is 94.3 Å². The third-order valence-corrected chi connectivity index (χ3v) is 5.32. The monoisotopic (exact) mass is 448 g/mol. The van der Waals surface area contributed by atoms with Gasteiger partial charge in [0, 0.05) is 29.3 Å². The molecule has 0 saturated carbocycles. The van der Waals surface area contributed by atoms with E-state index in [-0.39, 0.29) is 22.9 Å². The number of rotatable bonds is 4. The molecule has 2 aromatic carbocycles. The van der Waals surface area contributed by atoms with E-state index >= 15 is 0 Å². The number of ether oxygens (including phenoxy) is 1. The van der Waals surface area contributed by atoms with Crippen molar-refractivity contribution < 1.29 is 23.4 Å². The van der Waals surface area contributed by atoms with E-state index in [4.69, 9.17) is 4.74 Å². The fourth-order valence-electron chi connectivity index (χ4n) is 3.65. The van der Waals surface area contributed by atoms with Crippen LogP contribution in [-0.4, -0.2) is 29.2 Å². The van der Waals surface area contributed by atoms with Gasteiger partial charge in [0.05, 0.1) is 12.6 Å². The highest BCUT2D eigenvalue weighted by Gasteiger charge is 2.22. The average Bonchev–Trinajstić information content (AvgIpc) is 3.32. The van der Waals surface area contributed by atoms with Crippen LogP contribution in [0.15, 0.2) is 54.6 Å². The third kappa shape index (κ3) is 5.54. The number of nitrogens with zero attached hydrogens (tertiary/aromatic N) is 1. The zero-order valence-electron chi connectivity index (χ0n) is 17.9. The largest absolute Gasteiger partial charge is 0.508 e. The van der Waals surface area contributed by atoms with Gasteiger partial charge in [-0.1, -0.05) is 24.0 Å². The summed E-state index contributed by atoms with van der Waals surface area (Å²) in [6, 6.07) is 11.3. The zero-order chi connectivity index (χ0) is 23.4. The molecule has 7 heteroatoms. The van der Waals surface area contributed by atoms with Crippen molar-refractivity contribution in [2.45, 2.75) is 19.4 Å². The summed E-state index contributed by atoms with van der Waals surface area (Å²) < 4.78 is 32.8. The van der Waals surface area contributed by atoms with Crippen molar-refractivity contribution >= 4 is 5.91 Å². The summed E-state index contributed by atoms with van der Waals surface area (Å²) in [6.45, 7) is 3.05. The highest BCUT2D eigenvalue weighted by Crippen LogP contribution is 2.30. The summed E-state index contributed by atoms with van der Waals surface area (Å²) in [7, 11) is 0. The van der Waals surface area contributed by atoms with Gasteiger partial charge in [-0.25, -0.2) is 13.8 Å². The SMILES string of the molecule is Cc1cc(C#C[C@H]2CCOC2)cc(C(=O)NC(c2ccc(F)cc2)c2cc(F)ccc2O)n1. The van der Waals surface area contributed by atoms with E-state index < -0.39 is 23.6 Å². The van der Waals surface area contributed by atoms with Gasteiger partial charge in [-0.15, -0.1) is 0 Å². The summed E-state index contributed by atoms with van der Waals surface area (Å²) in [5.41, 5.74) is 2.00. The van der Waals surface area contributed by atoms with Gasteiger partial charge in [0.25, 0.3) is 5.91 Å². The lowest BCUT2D eigenvalue weighted by Crippen LogP contribution is -2.30. The summed E-state index contributed by atoms with van der Waals surface area (Å²) in [5, 5.41) is 13.1. The summed E-state index contributed by atoms with van der Waals surface area (Å²) >= 11 is 0. The number of halogens is 2. The van der Waals surface area contributed by atoms with Crippen LogP contribution in [0, 0.1) is 36.3 Å². The Morgan fingerprint density at radius 3 is 2.64 bits per heavy atom. The molecule has 0 spiro atoms. The number of aromatic hydroxyl groups is 1. The molecule has 0 radical (unpaired) electrons. The fourth-order valence-corrected chi connectivity index (χ4v) is 3.65. The molecule has 1 aromatic heterocycles. The number of pyridine rings is 1. The maximum absolute atomic E-state index is 13.9. The van der Waals surface area contributed by atoms with Gasteiger partial charge in [-0.3, -0.25) is 4.79 Å². The Hall–Kier alpha value is -3.76. The smallest absolute Gasteiger partial charge is 0.270 e. The van der Waals surface area contributed by atoms with Crippen LogP contribution in [0.5, 0.6) is 5.75 Å². The van der Waals surface area contributed by atoms with Crippen molar-refractivity contribution in [3.8, 4) is 17.6 Å². The summed E-state index contributed by atoms with van der Waals surface area (Å²) in [6.07, 6.45) is 0.876. The first-order chi connectivity index (χ1) is 15.9. The number of hydrogen-bond acceptors (Lipinski definition) is 4. The Morgan fingerprint density at radius 1 is 1.15 bits per heavy atom. The molecule has 2 atom stereocenters. The van der Waals surface area contributed by atoms with E-state index in [9.17, 15) is 18.7 Å². The van der Waals surface area contributed by atoms with Gasteiger partial charge in [-0.05, 0) is 61.4 Å². The van der Waals surface area contributed by atoms with Crippen molar-refractivity contribution in [1.82, 2.24) is 10.3 Å². The van der Waals surface area contributed by atoms with Gasteiger partial charge in [0.1, 0.15) is 23.1 Å². The maximum Gasteiger partial charge on any atom is 0.270 e. The number of carbonyl (C=O) groups is 1. The molecule has 2 N–H and O–H groups in total. The minimum absolute atomic E-state index is 0.130. The van der Waals surface area contributed by atoms with Crippen LogP contribution >= 0.6 is 0 Å². The Morgan fingerprint density at radius 2 is 1.91 bits per heavy atom. The second kappa shape index (κ2) is 9.80. The van der Waals surface area contributed by atoms with Gasteiger partial charge in [0.15, 0.2) is 0 Å². The molecule has 4 rings (SSSR count). The molecule has 2 heterocycles. The number of aromatic nitrogens is 1. The van der Waals surface area contributed by atoms with E-state index in [1.54, 1.807) is 19.1 Å². The van der Waals surface area contributed by atoms with E-state index in [0.717, 1.165) is 18.6 Å². The van der Waals surface area contributed by atoms with Gasteiger partial charge in [-0.2, -0.15) is 0 Å². The molecule has 1 saturated heterocycles. The molecule has 33 heavy (non-hydrogen) atoms. The summed E-state index contributed by atoms with van der Waals surface area (Å²) in [4.78, 5) is 17.4. The standard InChI is InChI=1S/C26H22F2N2O3/c1-16-12-18(3-2-17-10-11-33-15-17)13-23(29-16)26(32)30-25(19-4-6-20(27)7-5-19)22-14-21(28)8-9-24(22)31/h4-9,12-14,17,25,31H,10-11,15H2,1H3,(H,30,32)/t17-,25?/m0/s1. The normalized spacial score (nSPS) is 16.0. The Bertz CT molecular complexity index is 1230. The van der Waals surface area contributed by atoms with Crippen LogP contribution in [0.2, 0.25) is 0 Å². The van der Waals surface area contributed by atoms with E-state index in [1.807, 2.05) is 0 Å². The maximum atomic E-state index is 13.9. The van der Waals surface area contributed by atoms with E-state index in [0.29, 0.717) is 30.0 Å². The number of benzene rings is 2. The summed E-state index contributed by atoms with van der Waals surface area (Å²) in [5.74, 6) is 4.63. The number of amides is 1. The first-order valence-electron chi connectivity index (χ1n) is 10.5. The Labute approximate surface area is 190 Å². The number of hydrogen-bond donors (Lipinski definition) is 2. The fraction of sp³-hybridized carbons (Fsp3) is 0.231. The van der Waals surface area contributed by atoms with Crippen molar-refractivity contribution in [1.29, 1.82) is 0 Å². The number of nitrogens with one attached hydrogen (secondary N) is 1. The number of aryl methyl sites for hydroxylation is 1. The van der Waals surface area contributed by atoms with Crippen molar-refractivity contribution in [3.63, 3.8) is 0 Å². The van der Waals surface area contributed by atoms with Gasteiger partial charge < -0.3 is 15.2 Å². The van der Waals surface area contributed by atoms with E-state index in [1.165, 1.54) is 30.3 Å². The van der Waals surface area contributed by atoms with Crippen LogP contribution in [0.25, 0.3) is 0 Å². The number of phenols is 1. The Balaban J connectivity index is 1.65. The number of carbonyl (C=O) groups excluding carboxylic acids is 1. The van der Waals surface area contributed by atoms with Crippen molar-refractivity contribution in [2.75, 3.05) is 13.2 Å². The second-order valence-electron chi connectivity index (χ2n) is 7.87. The average molecular weight is 448 g/mol. The second-order valence-corrected chi connectivity index (χ2v) is 7.87. The van der Waals surface area contributed by atoms with Gasteiger partial charge >= 0.3 is 0 Å². The minimum Gasteiger partial charge on any atom is -0.508 e. The Kier molecular flexibility index (Phi) is 6.66. The van der Waals surface area contributed by atoms with Gasteiger partial charge in [0.2, 0.25) is 0 Å². The lowest BCUT2D eigenvalue weighted by Gasteiger charge is -2.21. The predicted molar refractivity (Wildman–Crippen MR) is 119 cm³/mol. The number of phenolic OH excluding ortho intramolecular Hbond substituents is 1. The molecule has 1 aliphatic heterocycles. The molecule has 0 aliphatic carbocycles. The highest BCUT2D eigenvalue weighted by atomic mass is 19.1. The van der Waals surface area contributed by atoms with Crippen LogP contribution in [0.1, 0.15) is 45.3 Å². The molecule has 1 amide bonds. The molecule has 1 fully saturated rings. The molecule has 1 unspecified atom stereocenters. The molecular weight excluding hydrogens is 426 g/mol. The minimum atomic E-state index is -0.929. The lowest BCUT2D eigenvalue weighted by molar-refractivity contribution is 0.0937. The molecule has 0 bridgehead atoms. The topological polar surface area (TPSA) is 71.5 Å². The highest BCUT2D eigenvalue weighted by molar-refractivity contribution is 5.93. The van der Waals surface area contributed by atoms with E-state index in [2.05, 4.69) is 22.1 Å². The predicted octanol–water partition coefficient (Wildman–Crippen LogP) is 4.28. The quantitative estimate of drug-likeness (QED) is 0.585. The van der Waals surface area contributed by atoms with Crippen molar-refractivity contribution in [2.24, 2.45) is 5.92 Å². The molecule has 1 aliphatic rings. The van der Waals surface area contributed by atoms with Crippen LogP contribution in [0.4, 0.5) is 8.78 Å². The molecule has 168 valence electrons. The van der Waals surface area contributed by atoms with Crippen LogP contribution < -0.4 is 5.32 Å². The first-order valence-corrected chi connectivity index (χ1v) is 10.5. The third-order valence-electron chi connectivity index (χ3n) is 5.32. The lowest BCUT2D eigenvalue weighted by atomic mass is 9.97. The molecule has 3 aromatic rings. The molecular formula is C26H22F2N2O3. The van der Waals surface area contributed by atoms with Crippen LogP contribution in [0.3, 0.4) is 0 Å². The zero-order valence-corrected chi connectivity index (χ0v) is 17.9. The molecule has 5 nitrogen and oxygen atoms in total. The first kappa shape index (κ1) is 22.4.